The molecule has 1 fully saturated rings. The van der Waals surface area contributed by atoms with Crippen molar-refractivity contribution in [1.82, 2.24) is 4.90 Å². The van der Waals surface area contributed by atoms with Crippen molar-refractivity contribution in [2.45, 2.75) is 25.8 Å². The van der Waals surface area contributed by atoms with E-state index in [1.165, 1.54) is 32.4 Å². The van der Waals surface area contributed by atoms with Crippen molar-refractivity contribution in [2.75, 3.05) is 33.4 Å². The number of hydrogen-bond donors (Lipinski definition) is 1. The highest BCUT2D eigenvalue weighted by molar-refractivity contribution is 5.40. The van der Waals surface area contributed by atoms with E-state index in [0.29, 0.717) is 6.54 Å². The molecule has 0 amide bonds. The topological polar surface area (TPSA) is 47.7 Å². The van der Waals surface area contributed by atoms with E-state index in [9.17, 15) is 0 Å². The highest BCUT2D eigenvalue weighted by Crippen LogP contribution is 2.23. The van der Waals surface area contributed by atoms with Crippen molar-refractivity contribution < 1.29 is 9.47 Å². The van der Waals surface area contributed by atoms with Gasteiger partial charge in [-0.25, -0.2) is 0 Å². The fourth-order valence-electron chi connectivity index (χ4n) is 2.45. The van der Waals surface area contributed by atoms with Crippen molar-refractivity contribution in [3.8, 4) is 11.5 Å². The first kappa shape index (κ1) is 14.2. The lowest BCUT2D eigenvalue weighted by molar-refractivity contribution is 0.182. The summed E-state index contributed by atoms with van der Waals surface area (Å²) in [6.07, 6.45) is 4.00. The maximum Gasteiger partial charge on any atom is 0.124 e. The molecule has 1 aromatic rings. The lowest BCUT2D eigenvalue weighted by Gasteiger charge is -2.26. The lowest BCUT2D eigenvalue weighted by Crippen LogP contribution is -2.33. The molecule has 1 heterocycles. The third kappa shape index (κ3) is 4.11. The van der Waals surface area contributed by atoms with Crippen molar-refractivity contribution in [1.29, 1.82) is 0 Å². The molecule has 0 aliphatic carbocycles. The van der Waals surface area contributed by atoms with E-state index in [2.05, 4.69) is 4.90 Å². The summed E-state index contributed by atoms with van der Waals surface area (Å²) in [5.74, 6) is 1.70. The van der Waals surface area contributed by atoms with Gasteiger partial charge in [0.2, 0.25) is 0 Å². The Bertz CT molecular complexity index is 390. The van der Waals surface area contributed by atoms with Crippen LogP contribution in [0.15, 0.2) is 18.2 Å². The summed E-state index contributed by atoms with van der Waals surface area (Å²) < 4.78 is 11.0. The highest BCUT2D eigenvalue weighted by Gasteiger charge is 2.10. The van der Waals surface area contributed by atoms with Gasteiger partial charge in [0.05, 0.1) is 7.11 Å². The first-order chi connectivity index (χ1) is 9.33. The maximum atomic E-state index is 5.85. The summed E-state index contributed by atoms with van der Waals surface area (Å²) in [5, 5.41) is 0. The quantitative estimate of drug-likeness (QED) is 0.854. The van der Waals surface area contributed by atoms with Gasteiger partial charge in [0.1, 0.15) is 18.1 Å². The summed E-state index contributed by atoms with van der Waals surface area (Å²) >= 11 is 0. The first-order valence-corrected chi connectivity index (χ1v) is 7.05. The van der Waals surface area contributed by atoms with Gasteiger partial charge in [0.25, 0.3) is 0 Å². The number of piperidine rings is 1. The molecule has 0 unspecified atom stereocenters. The number of benzene rings is 1. The fourth-order valence-corrected chi connectivity index (χ4v) is 2.45. The SMILES string of the molecule is COc1ccc(OCCN2CCCCC2)c(CN)c1. The molecule has 19 heavy (non-hydrogen) atoms. The number of rotatable bonds is 6. The molecule has 2 N–H and O–H groups in total. The Morgan fingerprint density at radius 2 is 2.00 bits per heavy atom. The van der Waals surface area contributed by atoms with Gasteiger partial charge in [0.15, 0.2) is 0 Å². The van der Waals surface area contributed by atoms with Crippen LogP contribution < -0.4 is 15.2 Å². The van der Waals surface area contributed by atoms with Crippen molar-refractivity contribution in [3.05, 3.63) is 23.8 Å². The molecule has 4 heteroatoms. The largest absolute Gasteiger partial charge is 0.497 e. The Balaban J connectivity index is 1.84. The second kappa shape index (κ2) is 7.36. The molecule has 0 aromatic heterocycles. The van der Waals surface area contributed by atoms with Crippen LogP contribution in [0.1, 0.15) is 24.8 Å². The molecule has 1 saturated heterocycles. The zero-order valence-corrected chi connectivity index (χ0v) is 11.7. The Kier molecular flexibility index (Phi) is 5.48. The van der Waals surface area contributed by atoms with Crippen LogP contribution in [-0.2, 0) is 6.54 Å². The van der Waals surface area contributed by atoms with Gasteiger partial charge >= 0.3 is 0 Å². The van der Waals surface area contributed by atoms with Crippen LogP contribution in [0.4, 0.5) is 0 Å². The molecule has 1 aromatic carbocycles. The van der Waals surface area contributed by atoms with Gasteiger partial charge in [-0.2, -0.15) is 0 Å². The van der Waals surface area contributed by atoms with E-state index in [1.807, 2.05) is 18.2 Å². The van der Waals surface area contributed by atoms with Gasteiger partial charge in [-0.15, -0.1) is 0 Å². The predicted octanol–water partition coefficient (Wildman–Crippen LogP) is 2.02. The fraction of sp³-hybridized carbons (Fsp3) is 0.600. The van der Waals surface area contributed by atoms with Gasteiger partial charge in [0, 0.05) is 18.7 Å². The molecule has 0 bridgehead atoms. The van der Waals surface area contributed by atoms with E-state index in [0.717, 1.165) is 30.2 Å². The minimum atomic E-state index is 0.468. The van der Waals surface area contributed by atoms with Crippen LogP contribution in [0.5, 0.6) is 11.5 Å². The molecule has 1 aliphatic heterocycles. The Morgan fingerprint density at radius 1 is 1.21 bits per heavy atom. The van der Waals surface area contributed by atoms with Crippen LogP contribution in [0.25, 0.3) is 0 Å². The smallest absolute Gasteiger partial charge is 0.124 e. The van der Waals surface area contributed by atoms with Crippen LogP contribution in [0, 0.1) is 0 Å². The molecule has 1 aliphatic rings. The molecule has 0 atom stereocenters. The Hall–Kier alpha value is -1.26. The van der Waals surface area contributed by atoms with Gasteiger partial charge in [-0.3, -0.25) is 4.90 Å². The molecule has 0 spiro atoms. The molecule has 106 valence electrons. The van der Waals surface area contributed by atoms with Gasteiger partial charge in [-0.1, -0.05) is 6.42 Å². The predicted molar refractivity (Wildman–Crippen MR) is 76.7 cm³/mol. The Morgan fingerprint density at radius 3 is 2.68 bits per heavy atom. The van der Waals surface area contributed by atoms with Crippen LogP contribution in [0.2, 0.25) is 0 Å². The number of likely N-dealkylation sites (tertiary alicyclic amines) is 1. The summed E-state index contributed by atoms with van der Waals surface area (Å²) in [4.78, 5) is 2.47. The first-order valence-electron chi connectivity index (χ1n) is 7.05. The Labute approximate surface area is 115 Å². The van der Waals surface area contributed by atoms with E-state index < -0.39 is 0 Å². The maximum absolute atomic E-state index is 5.85. The standard InChI is InChI=1S/C15H24N2O2/c1-18-14-5-6-15(13(11-14)12-16)19-10-9-17-7-3-2-4-8-17/h5-6,11H,2-4,7-10,12,16H2,1H3. The molecular formula is C15H24N2O2. The average Bonchev–Trinajstić information content (AvgIpc) is 2.48. The molecular weight excluding hydrogens is 240 g/mol. The van der Waals surface area contributed by atoms with E-state index in [-0.39, 0.29) is 0 Å². The average molecular weight is 264 g/mol. The van der Waals surface area contributed by atoms with Crippen LogP contribution >= 0.6 is 0 Å². The molecule has 0 radical (unpaired) electrons. The number of nitrogens with two attached hydrogens (primary N) is 1. The van der Waals surface area contributed by atoms with E-state index >= 15 is 0 Å². The highest BCUT2D eigenvalue weighted by atomic mass is 16.5. The summed E-state index contributed by atoms with van der Waals surface area (Å²) in [7, 11) is 1.66. The molecule has 0 saturated carbocycles. The number of nitrogens with zero attached hydrogens (tertiary/aromatic N) is 1. The van der Waals surface area contributed by atoms with Crippen molar-refractivity contribution in [3.63, 3.8) is 0 Å². The summed E-state index contributed by atoms with van der Waals surface area (Å²) in [6, 6.07) is 5.79. The monoisotopic (exact) mass is 264 g/mol. The second-order valence-electron chi connectivity index (χ2n) is 4.93. The van der Waals surface area contributed by atoms with Crippen LogP contribution in [0.3, 0.4) is 0 Å². The zero-order chi connectivity index (χ0) is 13.5. The second-order valence-corrected chi connectivity index (χ2v) is 4.93. The molecule has 2 rings (SSSR count). The van der Waals surface area contributed by atoms with Crippen molar-refractivity contribution in [2.24, 2.45) is 5.73 Å². The minimum Gasteiger partial charge on any atom is -0.497 e. The van der Waals surface area contributed by atoms with Gasteiger partial charge < -0.3 is 15.2 Å². The minimum absolute atomic E-state index is 0.468. The van der Waals surface area contributed by atoms with E-state index in [1.54, 1.807) is 7.11 Å². The normalized spacial score (nSPS) is 16.3. The summed E-state index contributed by atoms with van der Waals surface area (Å²) in [6.45, 7) is 4.59. The van der Waals surface area contributed by atoms with Gasteiger partial charge in [-0.05, 0) is 44.1 Å². The third-order valence-electron chi connectivity index (χ3n) is 3.60. The number of hydrogen-bond acceptors (Lipinski definition) is 4. The zero-order valence-electron chi connectivity index (χ0n) is 11.7. The summed E-state index contributed by atoms with van der Waals surface area (Å²) in [5.41, 5.74) is 6.74. The number of methoxy groups -OCH3 is 1. The third-order valence-corrected chi connectivity index (χ3v) is 3.60. The van der Waals surface area contributed by atoms with Crippen molar-refractivity contribution >= 4 is 0 Å². The number of ether oxygens (including phenoxy) is 2. The molecule has 4 nitrogen and oxygen atoms in total. The van der Waals surface area contributed by atoms with E-state index in [4.69, 9.17) is 15.2 Å². The lowest BCUT2D eigenvalue weighted by atomic mass is 10.1. The van der Waals surface area contributed by atoms with Crippen LogP contribution in [-0.4, -0.2) is 38.3 Å².